The molecule has 3 aromatic carbocycles. The second-order valence-corrected chi connectivity index (χ2v) is 9.84. The first-order valence-corrected chi connectivity index (χ1v) is 12.9. The fraction of sp³-hybridized carbons (Fsp3) is 0.333. The molecule has 0 saturated carbocycles. The van der Waals surface area contributed by atoms with Crippen LogP contribution in [0.4, 0.5) is 14.5 Å². The molecule has 37 heavy (non-hydrogen) atoms. The van der Waals surface area contributed by atoms with Crippen molar-refractivity contribution in [1.29, 1.82) is 0 Å². The van der Waals surface area contributed by atoms with E-state index in [2.05, 4.69) is 9.80 Å². The second kappa shape index (κ2) is 11.2. The fourth-order valence-electron chi connectivity index (χ4n) is 5.51. The Kier molecular flexibility index (Phi) is 7.60. The Hall–Kier alpha value is -3.58. The molecule has 7 heteroatoms. The number of hydrogen-bond donors (Lipinski definition) is 0. The van der Waals surface area contributed by atoms with Crippen LogP contribution in [-0.4, -0.2) is 61.3 Å². The number of carbonyl (C=O) groups is 2. The summed E-state index contributed by atoms with van der Waals surface area (Å²) in [5.41, 5.74) is 3.63. The predicted octanol–water partition coefficient (Wildman–Crippen LogP) is 4.93. The van der Waals surface area contributed by atoms with E-state index >= 15 is 0 Å². The third-order valence-corrected chi connectivity index (χ3v) is 7.60. The highest BCUT2D eigenvalue weighted by Gasteiger charge is 2.33. The fourth-order valence-corrected chi connectivity index (χ4v) is 5.51. The van der Waals surface area contributed by atoms with Gasteiger partial charge in [0.25, 0.3) is 0 Å². The number of hydrogen-bond acceptors (Lipinski definition) is 4. The molecular weight excluding hydrogens is 472 g/mol. The van der Waals surface area contributed by atoms with Gasteiger partial charge in [-0.1, -0.05) is 24.3 Å². The first-order valence-electron chi connectivity index (χ1n) is 12.9. The van der Waals surface area contributed by atoms with Gasteiger partial charge in [-0.2, -0.15) is 0 Å². The van der Waals surface area contributed by atoms with Gasteiger partial charge in [0.05, 0.1) is 6.04 Å². The zero-order valence-corrected chi connectivity index (χ0v) is 20.7. The molecule has 0 bridgehead atoms. The standard InChI is InChI=1S/C30H31F2N3O2/c31-26-7-3-23(4-8-26)29(24-5-9-27(32)10-6-24)34-17-19-35(20-18-34)30(37)25-13-15-33(16-14-25)28-11-1-22(21-36)2-12-28/h1-12,21,25,29H,13-20H2. The summed E-state index contributed by atoms with van der Waals surface area (Å²) >= 11 is 0. The van der Waals surface area contributed by atoms with Crippen molar-refractivity contribution in [2.75, 3.05) is 44.2 Å². The van der Waals surface area contributed by atoms with Crippen molar-refractivity contribution >= 4 is 17.9 Å². The van der Waals surface area contributed by atoms with Crippen LogP contribution in [0.25, 0.3) is 0 Å². The van der Waals surface area contributed by atoms with Crippen molar-refractivity contribution < 1.29 is 18.4 Å². The quantitative estimate of drug-likeness (QED) is 0.448. The molecule has 5 rings (SSSR count). The van der Waals surface area contributed by atoms with E-state index in [0.29, 0.717) is 31.7 Å². The number of halogens is 2. The summed E-state index contributed by atoms with van der Waals surface area (Å²) < 4.78 is 27.2. The van der Waals surface area contributed by atoms with Gasteiger partial charge < -0.3 is 9.80 Å². The first kappa shape index (κ1) is 25.1. The summed E-state index contributed by atoms with van der Waals surface area (Å²) in [5, 5.41) is 0. The summed E-state index contributed by atoms with van der Waals surface area (Å²) in [4.78, 5) is 30.8. The van der Waals surface area contributed by atoms with Crippen LogP contribution in [0.1, 0.15) is 40.4 Å². The van der Waals surface area contributed by atoms with Crippen molar-refractivity contribution in [3.8, 4) is 0 Å². The molecule has 0 N–H and O–H groups in total. The summed E-state index contributed by atoms with van der Waals surface area (Å²) in [5.74, 6) is -0.347. The maximum absolute atomic E-state index is 13.6. The molecule has 0 unspecified atom stereocenters. The Labute approximate surface area is 216 Å². The molecule has 2 heterocycles. The van der Waals surface area contributed by atoms with Gasteiger partial charge in [-0.15, -0.1) is 0 Å². The summed E-state index contributed by atoms with van der Waals surface area (Å²) in [6.45, 7) is 4.26. The zero-order chi connectivity index (χ0) is 25.8. The molecule has 2 aliphatic heterocycles. The number of nitrogens with zero attached hydrogens (tertiary/aromatic N) is 3. The van der Waals surface area contributed by atoms with Gasteiger partial charge in [-0.25, -0.2) is 8.78 Å². The number of aldehydes is 1. The molecule has 0 aliphatic carbocycles. The van der Waals surface area contributed by atoms with Gasteiger partial charge in [0, 0.05) is 56.4 Å². The molecule has 0 aromatic heterocycles. The van der Waals surface area contributed by atoms with Gasteiger partial charge in [-0.3, -0.25) is 14.5 Å². The Balaban J connectivity index is 1.20. The number of piperidine rings is 1. The molecular formula is C30H31F2N3O2. The monoisotopic (exact) mass is 503 g/mol. The Bertz CT molecular complexity index is 1150. The number of anilines is 1. The van der Waals surface area contributed by atoms with E-state index in [4.69, 9.17) is 0 Å². The molecule has 5 nitrogen and oxygen atoms in total. The number of benzene rings is 3. The van der Waals surface area contributed by atoms with E-state index in [1.54, 1.807) is 24.3 Å². The second-order valence-electron chi connectivity index (χ2n) is 9.84. The third kappa shape index (κ3) is 5.72. The number of piperazine rings is 1. The van der Waals surface area contributed by atoms with Crippen LogP contribution in [0.2, 0.25) is 0 Å². The average molecular weight is 504 g/mol. The molecule has 2 saturated heterocycles. The summed E-state index contributed by atoms with van der Waals surface area (Å²) in [6, 6.07) is 20.4. The topological polar surface area (TPSA) is 43.9 Å². The smallest absolute Gasteiger partial charge is 0.225 e. The maximum atomic E-state index is 13.6. The van der Waals surface area contributed by atoms with Crippen molar-refractivity contribution in [3.63, 3.8) is 0 Å². The zero-order valence-electron chi connectivity index (χ0n) is 20.7. The van der Waals surface area contributed by atoms with Crippen LogP contribution < -0.4 is 4.90 Å². The van der Waals surface area contributed by atoms with E-state index in [0.717, 1.165) is 49.0 Å². The molecule has 0 spiro atoms. The van der Waals surface area contributed by atoms with Gasteiger partial charge in [0.2, 0.25) is 5.91 Å². The highest BCUT2D eigenvalue weighted by atomic mass is 19.1. The lowest BCUT2D eigenvalue weighted by Crippen LogP contribution is -2.52. The summed E-state index contributed by atoms with van der Waals surface area (Å²) in [7, 11) is 0. The first-order chi connectivity index (χ1) is 18.0. The van der Waals surface area contributed by atoms with Gasteiger partial charge in [0.1, 0.15) is 17.9 Å². The van der Waals surface area contributed by atoms with Crippen LogP contribution in [0.3, 0.4) is 0 Å². The van der Waals surface area contributed by atoms with Crippen LogP contribution in [0, 0.1) is 17.6 Å². The van der Waals surface area contributed by atoms with Crippen molar-refractivity contribution in [2.45, 2.75) is 18.9 Å². The van der Waals surface area contributed by atoms with Gasteiger partial charge in [0.15, 0.2) is 0 Å². The lowest BCUT2D eigenvalue weighted by molar-refractivity contribution is -0.138. The third-order valence-electron chi connectivity index (χ3n) is 7.60. The Morgan fingerprint density at radius 2 is 1.24 bits per heavy atom. The summed E-state index contributed by atoms with van der Waals surface area (Å²) in [6.07, 6.45) is 2.46. The van der Waals surface area contributed by atoms with E-state index in [1.807, 2.05) is 29.2 Å². The van der Waals surface area contributed by atoms with Crippen molar-refractivity contribution in [1.82, 2.24) is 9.80 Å². The largest absolute Gasteiger partial charge is 0.371 e. The minimum absolute atomic E-state index is 0.0158. The van der Waals surface area contributed by atoms with Crippen molar-refractivity contribution in [2.24, 2.45) is 5.92 Å². The molecule has 0 atom stereocenters. The number of amides is 1. The minimum atomic E-state index is -0.291. The SMILES string of the molecule is O=Cc1ccc(N2CCC(C(=O)N3CCN(C(c4ccc(F)cc4)c4ccc(F)cc4)CC3)CC2)cc1. The van der Waals surface area contributed by atoms with Gasteiger partial charge in [-0.05, 0) is 72.5 Å². The average Bonchev–Trinajstić information content (AvgIpc) is 2.95. The van der Waals surface area contributed by atoms with E-state index in [-0.39, 0.29) is 29.5 Å². The number of carbonyl (C=O) groups excluding carboxylic acids is 2. The number of rotatable bonds is 6. The van der Waals surface area contributed by atoms with Crippen molar-refractivity contribution in [3.05, 3.63) is 101 Å². The van der Waals surface area contributed by atoms with Crippen LogP contribution >= 0.6 is 0 Å². The Morgan fingerprint density at radius 1 is 0.730 bits per heavy atom. The molecule has 2 aliphatic rings. The maximum Gasteiger partial charge on any atom is 0.225 e. The van der Waals surface area contributed by atoms with E-state index in [9.17, 15) is 18.4 Å². The highest BCUT2D eigenvalue weighted by Crippen LogP contribution is 2.31. The van der Waals surface area contributed by atoms with Crippen LogP contribution in [-0.2, 0) is 4.79 Å². The normalized spacial score (nSPS) is 17.3. The molecule has 1 amide bonds. The Morgan fingerprint density at radius 3 is 1.73 bits per heavy atom. The lowest BCUT2D eigenvalue weighted by atomic mass is 9.93. The highest BCUT2D eigenvalue weighted by molar-refractivity contribution is 5.79. The van der Waals surface area contributed by atoms with Crippen LogP contribution in [0.15, 0.2) is 72.8 Å². The van der Waals surface area contributed by atoms with Crippen LogP contribution in [0.5, 0.6) is 0 Å². The predicted molar refractivity (Wildman–Crippen MR) is 140 cm³/mol. The molecule has 0 radical (unpaired) electrons. The van der Waals surface area contributed by atoms with E-state index < -0.39 is 0 Å². The molecule has 192 valence electrons. The van der Waals surface area contributed by atoms with Gasteiger partial charge >= 0.3 is 0 Å². The molecule has 2 fully saturated rings. The minimum Gasteiger partial charge on any atom is -0.371 e. The molecule has 3 aromatic rings. The van der Waals surface area contributed by atoms with E-state index in [1.165, 1.54) is 24.3 Å². The lowest BCUT2D eigenvalue weighted by Gasteiger charge is -2.42.